The second kappa shape index (κ2) is 2.48. The zero-order valence-corrected chi connectivity index (χ0v) is 4.87. The Labute approximate surface area is 59.8 Å². The van der Waals surface area contributed by atoms with Gasteiger partial charge in [-0.2, -0.15) is 0 Å². The van der Waals surface area contributed by atoms with E-state index in [2.05, 4.69) is 7.85 Å². The van der Waals surface area contributed by atoms with Gasteiger partial charge in [0, 0.05) is 0 Å². The van der Waals surface area contributed by atoms with Gasteiger partial charge in [-0.3, -0.25) is 38.2 Å². The molecule has 0 saturated carbocycles. The van der Waals surface area contributed by atoms with Crippen LogP contribution < -0.4 is 0 Å². The van der Waals surface area contributed by atoms with Crippen molar-refractivity contribution in [2.45, 2.75) is 5.69 Å². The third-order valence-corrected chi connectivity index (χ3v) is 0.806. The van der Waals surface area contributed by atoms with E-state index in [4.69, 9.17) is 0 Å². The third kappa shape index (κ3) is 1.23. The fourth-order valence-electron chi connectivity index (χ4n) is 0.200. The first-order valence-corrected chi connectivity index (χ1v) is 2.05. The van der Waals surface area contributed by atoms with Crippen molar-refractivity contribution in [2.24, 2.45) is 0 Å². The van der Waals surface area contributed by atoms with Gasteiger partial charge in [0.1, 0.15) is 14.8 Å². The lowest BCUT2D eigenvalue weighted by Gasteiger charge is -2.14. The van der Waals surface area contributed by atoms with Crippen molar-refractivity contribution in [2.75, 3.05) is 0 Å². The minimum Gasteiger partial charge on any atom is -0.264 e. The predicted molar refractivity (Wildman–Crippen MR) is 29.5 cm³/mol. The van der Waals surface area contributed by atoms with Crippen molar-refractivity contribution in [3.8, 4) is 0 Å². The van der Waals surface area contributed by atoms with E-state index in [9.17, 15) is 30.3 Å². The van der Waals surface area contributed by atoms with E-state index in [-0.39, 0.29) is 0 Å². The standard InChI is InChI=1S/CBN3O6/c2-1(3(6)7,4(8)9)5(10)11/q-1. The maximum absolute atomic E-state index is 9.70. The van der Waals surface area contributed by atoms with Crippen molar-refractivity contribution in [1.29, 1.82) is 0 Å². The van der Waals surface area contributed by atoms with E-state index in [1.165, 1.54) is 0 Å². The molecule has 9 nitrogen and oxygen atoms in total. The normalized spacial score (nSPS) is 10.6. The van der Waals surface area contributed by atoms with Crippen LogP contribution >= 0.6 is 0 Å². The number of rotatable bonds is 3. The zero-order valence-electron chi connectivity index (χ0n) is 4.87. The molecule has 10 heteroatoms. The van der Waals surface area contributed by atoms with Crippen molar-refractivity contribution in [3.63, 3.8) is 0 Å². The molecule has 0 amide bonds. The maximum atomic E-state index is 9.70. The van der Waals surface area contributed by atoms with Gasteiger partial charge < -0.3 is 0 Å². The Kier molecular flexibility index (Phi) is 2.09. The highest BCUT2D eigenvalue weighted by molar-refractivity contribution is 6.11. The number of nitrogens with zero attached hydrogens (tertiary/aromatic N) is 3. The molecular formula is CBN3O6-. The summed E-state index contributed by atoms with van der Waals surface area (Å²) in [4.78, 5) is 23.8. The summed E-state index contributed by atoms with van der Waals surface area (Å²) in [6.45, 7) is 0. The Balaban J connectivity index is 4.99. The van der Waals surface area contributed by atoms with Crippen LogP contribution in [0.5, 0.6) is 0 Å². The van der Waals surface area contributed by atoms with Crippen LogP contribution in [0, 0.1) is 30.3 Å². The smallest absolute Gasteiger partial charge is 0.264 e. The topological polar surface area (TPSA) is 129 Å². The van der Waals surface area contributed by atoms with Gasteiger partial charge in [0.25, 0.3) is 0 Å². The molecule has 0 aliphatic rings. The van der Waals surface area contributed by atoms with Crippen LogP contribution in [-0.2, 0) is 0 Å². The maximum Gasteiger partial charge on any atom is 0.449 e. The van der Waals surface area contributed by atoms with Crippen LogP contribution in [0.3, 0.4) is 0 Å². The molecule has 0 fully saturated rings. The fourth-order valence-corrected chi connectivity index (χ4v) is 0.200. The summed E-state index contributed by atoms with van der Waals surface area (Å²) in [7, 11) is 4.23. The van der Waals surface area contributed by atoms with E-state index in [1.54, 1.807) is 0 Å². The molecule has 0 unspecified atom stereocenters. The van der Waals surface area contributed by atoms with Gasteiger partial charge in [-0.25, -0.2) is 0 Å². The van der Waals surface area contributed by atoms with E-state index in [0.29, 0.717) is 0 Å². The van der Waals surface area contributed by atoms with Gasteiger partial charge in [0.15, 0.2) is 0 Å². The molecule has 0 aliphatic carbocycles. The molecule has 0 rings (SSSR count). The third-order valence-electron chi connectivity index (χ3n) is 0.806. The molecule has 0 aromatic carbocycles. The minimum atomic E-state index is -3.83. The van der Waals surface area contributed by atoms with E-state index >= 15 is 0 Å². The monoisotopic (exact) mass is 161 g/mol. The minimum absolute atomic E-state index is 1.78. The first-order chi connectivity index (χ1) is 4.83. The zero-order chi connectivity index (χ0) is 9.23. The fraction of sp³-hybridized carbons (Fsp3) is 1.00. The van der Waals surface area contributed by atoms with Crippen LogP contribution in [-0.4, -0.2) is 28.3 Å². The summed E-state index contributed by atoms with van der Waals surface area (Å²) in [5.74, 6) is 0. The molecular weight excluding hydrogens is 161 g/mol. The first-order valence-electron chi connectivity index (χ1n) is 2.05. The Morgan fingerprint density at radius 1 is 0.909 bits per heavy atom. The van der Waals surface area contributed by atoms with Gasteiger partial charge >= 0.3 is 5.69 Å². The quantitative estimate of drug-likeness (QED) is 0.216. The molecule has 0 spiro atoms. The second-order valence-electron chi connectivity index (χ2n) is 1.46. The van der Waals surface area contributed by atoms with Crippen molar-refractivity contribution >= 4 is 7.85 Å². The molecule has 0 aromatic heterocycles. The molecule has 11 heavy (non-hydrogen) atoms. The van der Waals surface area contributed by atoms with Crippen molar-refractivity contribution in [1.82, 2.24) is 0 Å². The molecule has 0 saturated heterocycles. The summed E-state index contributed by atoms with van der Waals surface area (Å²) in [5.41, 5.74) is -3.83. The van der Waals surface area contributed by atoms with Crippen molar-refractivity contribution in [3.05, 3.63) is 30.3 Å². The van der Waals surface area contributed by atoms with Gasteiger partial charge in [0.05, 0.1) is 0 Å². The Bertz CT molecular complexity index is 188. The summed E-state index contributed by atoms with van der Waals surface area (Å²) in [5, 5.41) is 29.1. The summed E-state index contributed by atoms with van der Waals surface area (Å²) < 4.78 is 0. The summed E-state index contributed by atoms with van der Waals surface area (Å²) >= 11 is 0. The highest BCUT2D eigenvalue weighted by Crippen LogP contribution is 2.05. The first kappa shape index (κ1) is 9.26. The molecule has 0 bridgehead atoms. The van der Waals surface area contributed by atoms with E-state index in [0.717, 1.165) is 0 Å². The Morgan fingerprint density at radius 3 is 1.09 bits per heavy atom. The van der Waals surface area contributed by atoms with Gasteiger partial charge in [-0.1, -0.05) is 0 Å². The lowest BCUT2D eigenvalue weighted by Crippen LogP contribution is -2.53. The predicted octanol–water partition coefficient (Wildman–Crippen LogP) is -1.40. The van der Waals surface area contributed by atoms with E-state index < -0.39 is 20.5 Å². The number of hydrogen-bond acceptors (Lipinski definition) is 6. The largest absolute Gasteiger partial charge is 0.449 e. The van der Waals surface area contributed by atoms with Crippen molar-refractivity contribution < 1.29 is 14.8 Å². The summed E-state index contributed by atoms with van der Waals surface area (Å²) in [6.07, 6.45) is 0. The van der Waals surface area contributed by atoms with Crippen LogP contribution in [0.15, 0.2) is 0 Å². The van der Waals surface area contributed by atoms with Gasteiger partial charge in [-0.15, -0.1) is 0 Å². The lowest BCUT2D eigenvalue weighted by atomic mass is 9.99. The average molecular weight is 161 g/mol. The summed E-state index contributed by atoms with van der Waals surface area (Å²) in [6, 6.07) is 0. The lowest BCUT2D eigenvalue weighted by molar-refractivity contribution is -0.939. The SMILES string of the molecule is [B-]C([N+](=O)[O-])([N+](=O)[O-])[N+](=O)[O-]. The molecule has 0 atom stereocenters. The Morgan fingerprint density at radius 2 is 1.09 bits per heavy atom. The average Bonchev–Trinajstić information content (AvgIpc) is 1.84. The second-order valence-corrected chi connectivity index (χ2v) is 1.46. The molecule has 0 aliphatic heterocycles. The molecule has 59 valence electrons. The number of nitro groups is 3. The Hall–Kier alpha value is -1.74. The van der Waals surface area contributed by atoms with E-state index in [1.807, 2.05) is 0 Å². The van der Waals surface area contributed by atoms with Gasteiger partial charge in [-0.05, 0) is 0 Å². The highest BCUT2D eigenvalue weighted by atomic mass is 16.7. The number of hydrogen-bond donors (Lipinski definition) is 0. The molecule has 0 aromatic rings. The van der Waals surface area contributed by atoms with Crippen LogP contribution in [0.1, 0.15) is 0 Å². The molecule has 3 radical (unpaired) electrons. The molecule has 0 N–H and O–H groups in total. The van der Waals surface area contributed by atoms with Crippen LogP contribution in [0.25, 0.3) is 0 Å². The van der Waals surface area contributed by atoms with Crippen LogP contribution in [0.4, 0.5) is 0 Å². The highest BCUT2D eigenvalue weighted by Gasteiger charge is 2.48. The van der Waals surface area contributed by atoms with Crippen LogP contribution in [0.2, 0.25) is 0 Å². The van der Waals surface area contributed by atoms with Gasteiger partial charge in [0.2, 0.25) is 0 Å². The molecule has 0 heterocycles.